The number of carbonyl (C=O) groups excluding carboxylic acids is 2. The maximum Gasteiger partial charge on any atom is 0.573 e. The number of rotatable bonds is 6. The molecule has 5 nitrogen and oxygen atoms in total. The fourth-order valence-electron chi connectivity index (χ4n) is 2.31. The summed E-state index contributed by atoms with van der Waals surface area (Å²) in [7, 11) is 0. The van der Waals surface area contributed by atoms with Gasteiger partial charge >= 0.3 is 6.36 Å². The summed E-state index contributed by atoms with van der Waals surface area (Å²) in [6, 6.07) is 12.4. The van der Waals surface area contributed by atoms with Gasteiger partial charge < -0.3 is 15.4 Å². The zero-order valence-corrected chi connectivity index (χ0v) is 14.7. The molecule has 0 aliphatic carbocycles. The Morgan fingerprint density at radius 3 is 2.07 bits per heavy atom. The smallest absolute Gasteiger partial charge is 0.406 e. The van der Waals surface area contributed by atoms with Gasteiger partial charge in [-0.1, -0.05) is 32.0 Å². The Balaban J connectivity index is 2.03. The minimum Gasteiger partial charge on any atom is -0.406 e. The van der Waals surface area contributed by atoms with Crippen molar-refractivity contribution in [3.63, 3.8) is 0 Å². The van der Waals surface area contributed by atoms with Crippen molar-refractivity contribution in [2.24, 2.45) is 5.92 Å². The molecule has 1 unspecified atom stereocenters. The third-order valence-corrected chi connectivity index (χ3v) is 3.63. The number of hydrogen-bond acceptors (Lipinski definition) is 3. The van der Waals surface area contributed by atoms with Crippen LogP contribution in [0.1, 0.15) is 24.2 Å². The number of halogens is 3. The third-order valence-electron chi connectivity index (χ3n) is 3.63. The van der Waals surface area contributed by atoms with Crippen molar-refractivity contribution in [1.82, 2.24) is 5.32 Å². The van der Waals surface area contributed by atoms with Crippen molar-refractivity contribution in [3.8, 4) is 5.75 Å². The molecule has 0 spiro atoms. The predicted octanol–water partition coefficient (Wildman–Crippen LogP) is 3.98. The van der Waals surface area contributed by atoms with Gasteiger partial charge in [0.2, 0.25) is 5.91 Å². The van der Waals surface area contributed by atoms with Crippen LogP contribution in [0.3, 0.4) is 0 Å². The third kappa shape index (κ3) is 6.32. The predicted molar refractivity (Wildman–Crippen MR) is 94.3 cm³/mol. The maximum atomic E-state index is 12.5. The quantitative estimate of drug-likeness (QED) is 0.797. The van der Waals surface area contributed by atoms with Crippen LogP contribution in [-0.2, 0) is 4.79 Å². The number of ether oxygens (including phenoxy) is 1. The highest BCUT2D eigenvalue weighted by atomic mass is 19.4. The monoisotopic (exact) mass is 380 g/mol. The van der Waals surface area contributed by atoms with Crippen LogP contribution in [0, 0.1) is 5.92 Å². The summed E-state index contributed by atoms with van der Waals surface area (Å²) < 4.78 is 40.3. The number of amides is 2. The van der Waals surface area contributed by atoms with E-state index >= 15 is 0 Å². The average molecular weight is 380 g/mol. The SMILES string of the molecule is CC(C)C(NC(=O)c1ccccc1)C(=O)Nc1ccc(OC(F)(F)F)cc1. The van der Waals surface area contributed by atoms with E-state index in [2.05, 4.69) is 15.4 Å². The van der Waals surface area contributed by atoms with Crippen LogP contribution in [-0.4, -0.2) is 24.2 Å². The van der Waals surface area contributed by atoms with Crippen molar-refractivity contribution in [3.05, 3.63) is 60.2 Å². The first kappa shape index (κ1) is 20.3. The molecule has 0 saturated carbocycles. The van der Waals surface area contributed by atoms with E-state index in [9.17, 15) is 22.8 Å². The molecule has 8 heteroatoms. The molecule has 0 fully saturated rings. The van der Waals surface area contributed by atoms with E-state index in [1.54, 1.807) is 44.2 Å². The molecular weight excluding hydrogens is 361 g/mol. The minimum absolute atomic E-state index is 0.203. The van der Waals surface area contributed by atoms with Gasteiger partial charge in [0.15, 0.2) is 0 Å². The summed E-state index contributed by atoms with van der Waals surface area (Å²) in [5.74, 6) is -1.46. The van der Waals surface area contributed by atoms with Crippen molar-refractivity contribution < 1.29 is 27.5 Å². The number of carbonyl (C=O) groups is 2. The van der Waals surface area contributed by atoms with Crippen LogP contribution in [0.25, 0.3) is 0 Å². The fourth-order valence-corrected chi connectivity index (χ4v) is 2.31. The number of benzene rings is 2. The van der Waals surface area contributed by atoms with Crippen LogP contribution in [0.2, 0.25) is 0 Å². The number of alkyl halides is 3. The first-order valence-corrected chi connectivity index (χ1v) is 8.18. The standard InChI is InChI=1S/C19H19F3N2O3/c1-12(2)16(24-17(25)13-6-4-3-5-7-13)18(26)23-14-8-10-15(11-9-14)27-19(20,21)22/h3-12,16H,1-2H3,(H,23,26)(H,24,25). The molecular formula is C19H19F3N2O3. The normalized spacial score (nSPS) is 12.4. The average Bonchev–Trinajstić information content (AvgIpc) is 2.60. The molecule has 0 bridgehead atoms. The second-order valence-electron chi connectivity index (χ2n) is 6.12. The van der Waals surface area contributed by atoms with E-state index in [0.717, 1.165) is 12.1 Å². The van der Waals surface area contributed by atoms with Crippen LogP contribution in [0.4, 0.5) is 18.9 Å². The molecule has 0 aliphatic rings. The Morgan fingerprint density at radius 1 is 0.963 bits per heavy atom. The Morgan fingerprint density at radius 2 is 1.56 bits per heavy atom. The highest BCUT2D eigenvalue weighted by Crippen LogP contribution is 2.24. The highest BCUT2D eigenvalue weighted by Gasteiger charge is 2.31. The molecule has 144 valence electrons. The highest BCUT2D eigenvalue weighted by molar-refractivity contribution is 6.01. The summed E-state index contributed by atoms with van der Waals surface area (Å²) in [5, 5.41) is 5.25. The van der Waals surface area contributed by atoms with Crippen molar-refractivity contribution in [2.75, 3.05) is 5.32 Å². The second-order valence-corrected chi connectivity index (χ2v) is 6.12. The molecule has 0 heterocycles. The van der Waals surface area contributed by atoms with E-state index in [1.165, 1.54) is 12.1 Å². The van der Waals surface area contributed by atoms with Crippen LogP contribution in [0.15, 0.2) is 54.6 Å². The van der Waals surface area contributed by atoms with Gasteiger partial charge in [0, 0.05) is 11.3 Å². The van der Waals surface area contributed by atoms with E-state index in [4.69, 9.17) is 0 Å². The summed E-state index contributed by atoms with van der Waals surface area (Å²) in [6.45, 7) is 3.55. The Kier molecular flexibility index (Phi) is 6.44. The van der Waals surface area contributed by atoms with Crippen LogP contribution >= 0.6 is 0 Å². The Hall–Kier alpha value is -3.03. The molecule has 0 saturated heterocycles. The Labute approximate surface area is 154 Å². The molecule has 27 heavy (non-hydrogen) atoms. The molecule has 0 radical (unpaired) electrons. The molecule has 1 atom stereocenters. The topological polar surface area (TPSA) is 67.4 Å². The lowest BCUT2D eigenvalue weighted by Gasteiger charge is -2.22. The van der Waals surface area contributed by atoms with E-state index in [-0.39, 0.29) is 11.6 Å². The number of anilines is 1. The summed E-state index contributed by atoms with van der Waals surface area (Å²) >= 11 is 0. The minimum atomic E-state index is -4.78. The zero-order valence-electron chi connectivity index (χ0n) is 14.7. The van der Waals surface area contributed by atoms with Crippen LogP contribution < -0.4 is 15.4 Å². The van der Waals surface area contributed by atoms with Gasteiger partial charge in [-0.15, -0.1) is 13.2 Å². The van der Waals surface area contributed by atoms with Gasteiger partial charge in [0.05, 0.1) is 0 Å². The van der Waals surface area contributed by atoms with E-state index in [1.807, 2.05) is 0 Å². The first-order valence-electron chi connectivity index (χ1n) is 8.18. The van der Waals surface area contributed by atoms with Gasteiger partial charge in [-0.05, 0) is 42.3 Å². The lowest BCUT2D eigenvalue weighted by Crippen LogP contribution is -2.47. The first-order chi connectivity index (χ1) is 12.7. The molecule has 2 amide bonds. The zero-order chi connectivity index (χ0) is 20.0. The largest absolute Gasteiger partial charge is 0.573 e. The molecule has 0 aliphatic heterocycles. The number of hydrogen-bond donors (Lipinski definition) is 2. The molecule has 2 rings (SSSR count). The summed E-state index contributed by atoms with van der Waals surface area (Å²) in [5.41, 5.74) is 0.707. The van der Waals surface area contributed by atoms with Crippen molar-refractivity contribution >= 4 is 17.5 Å². The number of nitrogens with one attached hydrogen (secondary N) is 2. The summed E-state index contributed by atoms with van der Waals surface area (Å²) in [6.07, 6.45) is -4.78. The molecule has 2 aromatic rings. The lowest BCUT2D eigenvalue weighted by molar-refractivity contribution is -0.274. The van der Waals surface area contributed by atoms with Crippen LogP contribution in [0.5, 0.6) is 5.75 Å². The van der Waals surface area contributed by atoms with Gasteiger partial charge in [-0.25, -0.2) is 0 Å². The van der Waals surface area contributed by atoms with Gasteiger partial charge in [-0.2, -0.15) is 0 Å². The Bertz CT molecular complexity index is 775. The van der Waals surface area contributed by atoms with Gasteiger partial charge in [-0.3, -0.25) is 9.59 Å². The molecule has 2 aromatic carbocycles. The maximum absolute atomic E-state index is 12.5. The van der Waals surface area contributed by atoms with Gasteiger partial charge in [0.25, 0.3) is 5.91 Å². The van der Waals surface area contributed by atoms with Gasteiger partial charge in [0.1, 0.15) is 11.8 Å². The van der Waals surface area contributed by atoms with E-state index < -0.39 is 30.0 Å². The molecule has 0 aromatic heterocycles. The summed E-state index contributed by atoms with van der Waals surface area (Å²) in [4.78, 5) is 24.8. The van der Waals surface area contributed by atoms with E-state index in [0.29, 0.717) is 5.56 Å². The second kappa shape index (κ2) is 8.57. The van der Waals surface area contributed by atoms with Crippen molar-refractivity contribution in [2.45, 2.75) is 26.3 Å². The fraction of sp³-hybridized carbons (Fsp3) is 0.263. The molecule has 2 N–H and O–H groups in total. The van der Waals surface area contributed by atoms with Crippen molar-refractivity contribution in [1.29, 1.82) is 0 Å². The lowest BCUT2D eigenvalue weighted by atomic mass is 10.0.